The van der Waals surface area contributed by atoms with Crippen LogP contribution < -0.4 is 15.9 Å². The molecule has 3 aromatic rings. The van der Waals surface area contributed by atoms with E-state index >= 15 is 0 Å². The Morgan fingerprint density at radius 3 is 2.67 bits per heavy atom. The number of para-hydroxylation sites is 1. The maximum Gasteiger partial charge on any atom is 0.198 e. The van der Waals surface area contributed by atoms with Crippen LogP contribution in [0.3, 0.4) is 0 Å². The monoisotopic (exact) mass is 489 g/mol. The Kier molecular flexibility index (Phi) is 6.44. The second-order valence-electron chi connectivity index (χ2n) is 8.73. The number of ether oxygens (including phenoxy) is 1. The Bertz CT molecular complexity index is 1370. The summed E-state index contributed by atoms with van der Waals surface area (Å²) in [5, 5.41) is 4.16. The summed E-state index contributed by atoms with van der Waals surface area (Å²) in [6, 6.07) is 9.93. The molecule has 0 bridgehead atoms. The highest BCUT2D eigenvalue weighted by Crippen LogP contribution is 2.38. The maximum absolute atomic E-state index is 14.0. The van der Waals surface area contributed by atoms with E-state index in [1.807, 2.05) is 13.1 Å². The average Bonchev–Trinajstić information content (AvgIpc) is 3.51. The molecular formula is C27H25F2N5O2. The number of nitrogens with one attached hydrogen (secondary N) is 1. The van der Waals surface area contributed by atoms with Crippen LogP contribution in [-0.2, 0) is 4.79 Å². The van der Waals surface area contributed by atoms with Crippen LogP contribution in [0.15, 0.2) is 53.8 Å². The minimum absolute atomic E-state index is 0.146. The fourth-order valence-corrected chi connectivity index (χ4v) is 4.77. The van der Waals surface area contributed by atoms with Crippen LogP contribution in [0.25, 0.3) is 11.1 Å². The lowest BCUT2D eigenvalue weighted by molar-refractivity contribution is -0.109. The summed E-state index contributed by atoms with van der Waals surface area (Å²) in [5.74, 6) is 4.61. The molecule has 2 aromatic carbocycles. The van der Waals surface area contributed by atoms with Gasteiger partial charge in [-0.05, 0) is 43.2 Å². The van der Waals surface area contributed by atoms with Gasteiger partial charge in [-0.1, -0.05) is 24.1 Å². The van der Waals surface area contributed by atoms with Gasteiger partial charge in [0.15, 0.2) is 23.2 Å². The number of likely N-dealkylation sites (tertiary alicyclic amines) is 1. The van der Waals surface area contributed by atoms with E-state index in [0.29, 0.717) is 12.1 Å². The summed E-state index contributed by atoms with van der Waals surface area (Å²) in [7, 11) is 0. The molecule has 5 rings (SSSR count). The molecule has 1 aromatic heterocycles. The number of benzene rings is 2. The molecule has 184 valence electrons. The Morgan fingerprint density at radius 2 is 1.97 bits per heavy atom. The van der Waals surface area contributed by atoms with E-state index < -0.39 is 23.4 Å². The molecule has 2 aliphatic rings. The van der Waals surface area contributed by atoms with Gasteiger partial charge in [0, 0.05) is 36.5 Å². The SMILES string of the molecule is CC#CCN1CCC(n2cc(-c3ccc(Oc4c(F)cccc4F)cc3)c3c2C(C=O)NN=C3N)C1. The van der Waals surface area contributed by atoms with E-state index in [2.05, 4.69) is 31.8 Å². The standard InChI is InChI=1S/C27H25F2N5O2/c1-2-3-12-33-13-11-18(14-33)34-15-20(24-25(34)23(16-35)31-32-27(24)30)17-7-9-19(10-8-17)36-26-21(28)5-4-6-22(26)29/h4-10,15-16,18,23,31H,11-14H2,1H3,(H2,30,32). The first-order chi connectivity index (χ1) is 17.5. The molecule has 0 amide bonds. The van der Waals surface area contributed by atoms with Crippen molar-refractivity contribution in [1.29, 1.82) is 0 Å². The zero-order valence-corrected chi connectivity index (χ0v) is 19.7. The largest absolute Gasteiger partial charge is 0.451 e. The second kappa shape index (κ2) is 9.84. The van der Waals surface area contributed by atoms with Gasteiger partial charge in [-0.3, -0.25) is 10.3 Å². The number of carbonyl (C=O) groups excluding carboxylic acids is 1. The second-order valence-corrected chi connectivity index (χ2v) is 8.73. The molecule has 3 N–H and O–H groups in total. The molecule has 2 unspecified atom stereocenters. The van der Waals surface area contributed by atoms with Gasteiger partial charge in [-0.25, -0.2) is 8.78 Å². The van der Waals surface area contributed by atoms with E-state index in [1.54, 1.807) is 24.3 Å². The minimum atomic E-state index is -0.780. The fourth-order valence-electron chi connectivity index (χ4n) is 4.77. The summed E-state index contributed by atoms with van der Waals surface area (Å²) < 4.78 is 35.6. The van der Waals surface area contributed by atoms with Crippen LogP contribution in [0, 0.1) is 23.5 Å². The van der Waals surface area contributed by atoms with E-state index in [9.17, 15) is 13.6 Å². The molecule has 36 heavy (non-hydrogen) atoms. The first-order valence-corrected chi connectivity index (χ1v) is 11.6. The Morgan fingerprint density at radius 1 is 1.22 bits per heavy atom. The molecule has 3 heterocycles. The minimum Gasteiger partial charge on any atom is -0.451 e. The van der Waals surface area contributed by atoms with Gasteiger partial charge in [-0.2, -0.15) is 5.10 Å². The van der Waals surface area contributed by atoms with Gasteiger partial charge in [0.05, 0.1) is 12.2 Å². The quantitative estimate of drug-likeness (QED) is 0.405. The summed E-state index contributed by atoms with van der Waals surface area (Å²) in [5.41, 5.74) is 12.2. The van der Waals surface area contributed by atoms with Gasteiger partial charge in [0.2, 0.25) is 0 Å². The third-order valence-corrected chi connectivity index (χ3v) is 6.51. The topological polar surface area (TPSA) is 84.9 Å². The predicted octanol–water partition coefficient (Wildman–Crippen LogP) is 3.96. The molecule has 0 aliphatic carbocycles. The highest BCUT2D eigenvalue weighted by molar-refractivity contribution is 6.06. The number of rotatable bonds is 6. The molecule has 7 nitrogen and oxygen atoms in total. The summed E-state index contributed by atoms with van der Waals surface area (Å²) >= 11 is 0. The summed E-state index contributed by atoms with van der Waals surface area (Å²) in [6.07, 6.45) is 3.74. The lowest BCUT2D eigenvalue weighted by Gasteiger charge is -2.24. The van der Waals surface area contributed by atoms with Gasteiger partial charge in [0.1, 0.15) is 18.1 Å². The van der Waals surface area contributed by atoms with Crippen molar-refractivity contribution in [2.75, 3.05) is 19.6 Å². The number of nitrogens with zero attached hydrogens (tertiary/aromatic N) is 3. The Hall–Kier alpha value is -4.16. The van der Waals surface area contributed by atoms with Crippen molar-refractivity contribution >= 4 is 12.1 Å². The van der Waals surface area contributed by atoms with Crippen molar-refractivity contribution in [3.8, 4) is 34.5 Å². The smallest absolute Gasteiger partial charge is 0.198 e. The van der Waals surface area contributed by atoms with Crippen molar-refractivity contribution in [2.24, 2.45) is 10.8 Å². The summed E-state index contributed by atoms with van der Waals surface area (Å²) in [6.45, 7) is 4.24. The maximum atomic E-state index is 14.0. The number of halogens is 2. The van der Waals surface area contributed by atoms with Crippen molar-refractivity contribution in [3.05, 3.63) is 71.6 Å². The van der Waals surface area contributed by atoms with Crippen molar-refractivity contribution in [1.82, 2.24) is 14.9 Å². The number of hydrogen-bond acceptors (Lipinski definition) is 6. The Balaban J connectivity index is 1.50. The van der Waals surface area contributed by atoms with E-state index in [1.165, 1.54) is 6.07 Å². The van der Waals surface area contributed by atoms with E-state index in [4.69, 9.17) is 10.5 Å². The number of hydrazone groups is 1. The van der Waals surface area contributed by atoms with Gasteiger partial charge >= 0.3 is 0 Å². The molecule has 2 aliphatic heterocycles. The molecule has 1 fully saturated rings. The van der Waals surface area contributed by atoms with Crippen molar-refractivity contribution in [2.45, 2.75) is 25.4 Å². The van der Waals surface area contributed by atoms with Gasteiger partial charge in [0.25, 0.3) is 0 Å². The van der Waals surface area contributed by atoms with Crippen molar-refractivity contribution < 1.29 is 18.3 Å². The van der Waals surface area contributed by atoms with Crippen LogP contribution >= 0.6 is 0 Å². The highest BCUT2D eigenvalue weighted by Gasteiger charge is 2.34. The van der Waals surface area contributed by atoms with Crippen LogP contribution in [0.5, 0.6) is 11.5 Å². The van der Waals surface area contributed by atoms with Gasteiger partial charge in [-0.15, -0.1) is 5.92 Å². The predicted molar refractivity (Wildman–Crippen MR) is 133 cm³/mol. The number of aromatic nitrogens is 1. The number of carbonyl (C=O) groups is 1. The van der Waals surface area contributed by atoms with Crippen LogP contribution in [0.1, 0.15) is 36.7 Å². The van der Waals surface area contributed by atoms with E-state index in [0.717, 1.165) is 54.8 Å². The molecule has 2 atom stereocenters. The van der Waals surface area contributed by atoms with Crippen LogP contribution in [-0.4, -0.2) is 41.2 Å². The third-order valence-electron chi connectivity index (χ3n) is 6.51. The Labute approximate surface area is 207 Å². The zero-order chi connectivity index (χ0) is 25.2. The summed E-state index contributed by atoms with van der Waals surface area (Å²) in [4.78, 5) is 14.2. The third kappa shape index (κ3) is 4.32. The molecule has 0 saturated carbocycles. The first kappa shape index (κ1) is 23.6. The average molecular weight is 490 g/mol. The molecule has 0 radical (unpaired) electrons. The highest BCUT2D eigenvalue weighted by atomic mass is 19.1. The number of amidine groups is 1. The van der Waals surface area contributed by atoms with Crippen molar-refractivity contribution in [3.63, 3.8) is 0 Å². The number of aldehydes is 1. The number of nitrogens with two attached hydrogens (primary N) is 1. The first-order valence-electron chi connectivity index (χ1n) is 11.6. The molecule has 0 spiro atoms. The normalized spacial score (nSPS) is 19.0. The molecule has 9 heteroatoms. The molecule has 1 saturated heterocycles. The van der Waals surface area contributed by atoms with Gasteiger partial charge < -0.3 is 19.8 Å². The van der Waals surface area contributed by atoms with Crippen LogP contribution in [0.2, 0.25) is 0 Å². The molecular weight excluding hydrogens is 464 g/mol. The van der Waals surface area contributed by atoms with Crippen LogP contribution in [0.4, 0.5) is 8.78 Å². The fraction of sp³-hybridized carbons (Fsp3) is 0.259. The number of fused-ring (bicyclic) bond motifs is 1. The lowest BCUT2D eigenvalue weighted by atomic mass is 9.99. The van der Waals surface area contributed by atoms with E-state index in [-0.39, 0.29) is 17.6 Å². The lowest BCUT2D eigenvalue weighted by Crippen LogP contribution is -2.33. The zero-order valence-electron chi connectivity index (χ0n) is 19.7. The number of hydrogen-bond donors (Lipinski definition) is 2.